The summed E-state index contributed by atoms with van der Waals surface area (Å²) in [5.41, 5.74) is 0. The van der Waals surface area contributed by atoms with Gasteiger partial charge in [-0.05, 0) is 6.92 Å². The Morgan fingerprint density at radius 1 is 1.00 bits per heavy atom. The Bertz CT molecular complexity index is 453. The third kappa shape index (κ3) is 17.7. The normalized spacial score (nSPS) is 14.1. The molecule has 1 unspecified atom stereocenters. The molecular weight excluding hydrogens is 355 g/mol. The topological polar surface area (TPSA) is 123 Å². The second-order valence-electron chi connectivity index (χ2n) is 6.28. The van der Waals surface area contributed by atoms with Crippen LogP contribution in [0.5, 0.6) is 0 Å². The molecule has 10 nitrogen and oxygen atoms in total. The van der Waals surface area contributed by atoms with Crippen LogP contribution in [-0.4, -0.2) is 90.0 Å². The minimum absolute atomic E-state index is 0.0224. The van der Waals surface area contributed by atoms with E-state index in [1.165, 1.54) is 6.92 Å². The Morgan fingerprint density at radius 3 is 2.24 bits per heavy atom. The molecule has 0 aliphatic heterocycles. The SMILES string of the molecule is CC(=O)COCCOCCNC(=O)COP(=O)([O-])OCC[N+](C)(C)C. The fourth-order valence-electron chi connectivity index (χ4n) is 1.35. The first kappa shape index (κ1) is 24.1. The molecule has 0 rings (SSSR count). The zero-order valence-corrected chi connectivity index (χ0v) is 16.2. The lowest BCUT2D eigenvalue weighted by Gasteiger charge is -2.27. The van der Waals surface area contributed by atoms with Crippen molar-refractivity contribution in [2.75, 3.05) is 73.9 Å². The molecular formula is C14H29N2O8P. The summed E-state index contributed by atoms with van der Waals surface area (Å²) in [5, 5.41) is 2.44. The number of likely N-dealkylation sites (N-methyl/N-ethyl adjacent to an activating group) is 1. The van der Waals surface area contributed by atoms with E-state index in [-0.39, 0.29) is 45.4 Å². The summed E-state index contributed by atoms with van der Waals surface area (Å²) < 4.78 is 31.3. The molecule has 11 heteroatoms. The van der Waals surface area contributed by atoms with E-state index >= 15 is 0 Å². The average Bonchev–Trinajstić information content (AvgIpc) is 2.46. The van der Waals surface area contributed by atoms with Gasteiger partial charge in [0.25, 0.3) is 7.82 Å². The lowest BCUT2D eigenvalue weighted by atomic mass is 10.5. The summed E-state index contributed by atoms with van der Waals surface area (Å²) in [4.78, 5) is 33.6. The van der Waals surface area contributed by atoms with E-state index in [2.05, 4.69) is 14.4 Å². The molecule has 1 amide bonds. The van der Waals surface area contributed by atoms with Crippen molar-refractivity contribution in [3.05, 3.63) is 0 Å². The maximum Gasteiger partial charge on any atom is 0.268 e. The number of nitrogens with zero attached hydrogens (tertiary/aromatic N) is 1. The van der Waals surface area contributed by atoms with Crippen LogP contribution in [0.2, 0.25) is 0 Å². The zero-order valence-electron chi connectivity index (χ0n) is 15.3. The Morgan fingerprint density at radius 2 is 1.64 bits per heavy atom. The molecule has 0 aromatic carbocycles. The van der Waals surface area contributed by atoms with Gasteiger partial charge < -0.3 is 33.2 Å². The third-order valence-electron chi connectivity index (χ3n) is 2.61. The van der Waals surface area contributed by atoms with Gasteiger partial charge in [0, 0.05) is 6.54 Å². The van der Waals surface area contributed by atoms with E-state index in [0.717, 1.165) is 0 Å². The summed E-state index contributed by atoms with van der Waals surface area (Å²) in [6, 6.07) is 0. The van der Waals surface area contributed by atoms with Gasteiger partial charge in [0.15, 0.2) is 5.78 Å². The van der Waals surface area contributed by atoms with Crippen LogP contribution in [-0.2, 0) is 32.7 Å². The number of ketones is 1. The fraction of sp³-hybridized carbons (Fsp3) is 0.857. The van der Waals surface area contributed by atoms with Gasteiger partial charge >= 0.3 is 0 Å². The van der Waals surface area contributed by atoms with Crippen molar-refractivity contribution in [1.82, 2.24) is 5.32 Å². The predicted molar refractivity (Wildman–Crippen MR) is 87.7 cm³/mol. The van der Waals surface area contributed by atoms with Crippen LogP contribution in [0.4, 0.5) is 0 Å². The smallest absolute Gasteiger partial charge is 0.268 e. The quantitative estimate of drug-likeness (QED) is 0.215. The molecule has 0 fully saturated rings. The number of hydrogen-bond acceptors (Lipinski definition) is 8. The molecule has 0 bridgehead atoms. The molecule has 0 spiro atoms. The van der Waals surface area contributed by atoms with Gasteiger partial charge in [-0.25, -0.2) is 0 Å². The number of carbonyl (C=O) groups excluding carboxylic acids is 2. The number of phosphoric ester groups is 1. The van der Waals surface area contributed by atoms with Crippen molar-refractivity contribution in [3.63, 3.8) is 0 Å². The fourth-order valence-corrected chi connectivity index (χ4v) is 2.01. The molecule has 0 saturated carbocycles. The monoisotopic (exact) mass is 384 g/mol. The number of Topliss-reactive ketones (excluding diaryl/α,β-unsaturated/α-hetero) is 1. The van der Waals surface area contributed by atoms with Crippen molar-refractivity contribution in [2.24, 2.45) is 0 Å². The van der Waals surface area contributed by atoms with Crippen LogP contribution >= 0.6 is 7.82 Å². The van der Waals surface area contributed by atoms with Crippen LogP contribution in [0.3, 0.4) is 0 Å². The van der Waals surface area contributed by atoms with Gasteiger partial charge in [-0.15, -0.1) is 0 Å². The van der Waals surface area contributed by atoms with Crippen molar-refractivity contribution in [2.45, 2.75) is 6.92 Å². The Labute approximate surface area is 148 Å². The first-order valence-electron chi connectivity index (χ1n) is 7.84. The van der Waals surface area contributed by atoms with Gasteiger partial charge in [0.2, 0.25) is 5.91 Å². The van der Waals surface area contributed by atoms with E-state index in [1.807, 2.05) is 21.1 Å². The third-order valence-corrected chi connectivity index (χ3v) is 3.56. The molecule has 25 heavy (non-hydrogen) atoms. The van der Waals surface area contributed by atoms with Gasteiger partial charge in [0.1, 0.15) is 26.4 Å². The first-order valence-corrected chi connectivity index (χ1v) is 9.30. The van der Waals surface area contributed by atoms with E-state index in [1.54, 1.807) is 0 Å². The number of phosphoric acid groups is 1. The predicted octanol–water partition coefficient (Wildman–Crippen LogP) is -1.07. The minimum Gasteiger partial charge on any atom is -0.756 e. The van der Waals surface area contributed by atoms with Gasteiger partial charge in [0.05, 0.1) is 41.0 Å². The zero-order chi connectivity index (χ0) is 19.3. The summed E-state index contributed by atoms with van der Waals surface area (Å²) in [6.45, 7) is 2.27. The second-order valence-corrected chi connectivity index (χ2v) is 7.70. The van der Waals surface area contributed by atoms with E-state index < -0.39 is 20.3 Å². The Balaban J connectivity index is 3.65. The number of carbonyl (C=O) groups is 2. The highest BCUT2D eigenvalue weighted by molar-refractivity contribution is 7.45. The number of quaternary nitrogens is 1. The van der Waals surface area contributed by atoms with Gasteiger partial charge in [-0.3, -0.25) is 14.2 Å². The summed E-state index contributed by atoms with van der Waals surface area (Å²) in [7, 11) is 1.19. The standard InChI is InChI=1S/C14H29N2O8P/c1-13(17)11-22-10-9-21-7-5-15-14(18)12-24-25(19,20)23-8-6-16(2,3)4/h5-12H2,1-4H3,(H-,15,18,19,20). The highest BCUT2D eigenvalue weighted by Gasteiger charge is 2.15. The van der Waals surface area contributed by atoms with E-state index in [4.69, 9.17) is 9.47 Å². The summed E-state index contributed by atoms with van der Waals surface area (Å²) in [6.07, 6.45) is 0. The van der Waals surface area contributed by atoms with Crippen molar-refractivity contribution in [3.8, 4) is 0 Å². The van der Waals surface area contributed by atoms with Gasteiger partial charge in [-0.1, -0.05) is 0 Å². The number of amides is 1. The molecule has 0 aromatic heterocycles. The number of hydrogen-bond donors (Lipinski definition) is 1. The molecule has 148 valence electrons. The molecule has 0 saturated heterocycles. The van der Waals surface area contributed by atoms with E-state index in [9.17, 15) is 19.0 Å². The Hall–Kier alpha value is -0.870. The lowest BCUT2D eigenvalue weighted by Crippen LogP contribution is -2.37. The van der Waals surface area contributed by atoms with Gasteiger partial charge in [-0.2, -0.15) is 0 Å². The van der Waals surface area contributed by atoms with Crippen LogP contribution in [0.25, 0.3) is 0 Å². The molecule has 0 aliphatic carbocycles. The van der Waals surface area contributed by atoms with Crippen LogP contribution in [0.1, 0.15) is 6.92 Å². The average molecular weight is 384 g/mol. The Kier molecular flexibility index (Phi) is 12.0. The molecule has 0 aromatic rings. The van der Waals surface area contributed by atoms with Crippen molar-refractivity contribution < 1.29 is 42.1 Å². The second kappa shape index (κ2) is 12.5. The van der Waals surface area contributed by atoms with Crippen molar-refractivity contribution in [1.29, 1.82) is 0 Å². The molecule has 1 atom stereocenters. The maximum atomic E-state index is 11.5. The van der Waals surface area contributed by atoms with Crippen LogP contribution in [0, 0.1) is 0 Å². The highest BCUT2D eigenvalue weighted by Crippen LogP contribution is 2.37. The molecule has 0 radical (unpaired) electrons. The first-order chi connectivity index (χ1) is 11.5. The maximum absolute atomic E-state index is 11.5. The van der Waals surface area contributed by atoms with Crippen molar-refractivity contribution >= 4 is 19.5 Å². The molecule has 0 aliphatic rings. The van der Waals surface area contributed by atoms with Crippen LogP contribution in [0.15, 0.2) is 0 Å². The van der Waals surface area contributed by atoms with Crippen LogP contribution < -0.4 is 10.2 Å². The minimum atomic E-state index is -4.49. The largest absolute Gasteiger partial charge is 0.756 e. The lowest BCUT2D eigenvalue weighted by molar-refractivity contribution is -0.870. The van der Waals surface area contributed by atoms with E-state index in [0.29, 0.717) is 11.0 Å². The summed E-state index contributed by atoms with van der Waals surface area (Å²) in [5.74, 6) is -0.660. The number of ether oxygens (including phenoxy) is 2. The summed E-state index contributed by atoms with van der Waals surface area (Å²) >= 11 is 0. The number of nitrogens with one attached hydrogen (secondary N) is 1. The number of rotatable bonds is 15. The molecule has 0 heterocycles. The molecule has 1 N–H and O–H groups in total. The highest BCUT2D eigenvalue weighted by atomic mass is 31.2.